The molecule has 2 unspecified atom stereocenters. The number of hydrogen-bond donors (Lipinski definition) is 1. The molecule has 0 radical (unpaired) electrons. The van der Waals surface area contributed by atoms with Gasteiger partial charge in [-0.15, -0.1) is 6.58 Å². The molecule has 0 heterocycles. The Hall–Kier alpha value is -0.810. The number of nitrogens with zero attached hydrogens (tertiary/aromatic N) is 1. The molecule has 0 aliphatic carbocycles. The quantitative estimate of drug-likeness (QED) is 0.622. The van der Waals surface area contributed by atoms with Gasteiger partial charge in [-0.3, -0.25) is 0 Å². The minimum absolute atomic E-state index is 0.162. The SMILES string of the molecule is C=CC(C)(C#N)C(C)NCC. The Balaban J connectivity index is 4.27. The lowest BCUT2D eigenvalue weighted by atomic mass is 9.85. The molecular weight excluding hydrogens is 136 g/mol. The van der Waals surface area contributed by atoms with E-state index in [4.69, 9.17) is 5.26 Å². The van der Waals surface area contributed by atoms with E-state index in [1.54, 1.807) is 6.08 Å². The maximum Gasteiger partial charge on any atom is 0.0872 e. The summed E-state index contributed by atoms with van der Waals surface area (Å²) in [6.07, 6.45) is 1.69. The van der Waals surface area contributed by atoms with Crippen molar-refractivity contribution in [3.63, 3.8) is 0 Å². The van der Waals surface area contributed by atoms with Crippen molar-refractivity contribution >= 4 is 0 Å². The molecule has 0 saturated heterocycles. The van der Waals surface area contributed by atoms with Crippen molar-refractivity contribution in [2.24, 2.45) is 5.41 Å². The van der Waals surface area contributed by atoms with Crippen LogP contribution in [0.25, 0.3) is 0 Å². The highest BCUT2D eigenvalue weighted by Gasteiger charge is 2.26. The first-order chi connectivity index (χ1) is 5.10. The van der Waals surface area contributed by atoms with Crippen LogP contribution in [0.15, 0.2) is 12.7 Å². The molecule has 0 aromatic carbocycles. The van der Waals surface area contributed by atoms with E-state index in [1.165, 1.54) is 0 Å². The molecule has 0 fully saturated rings. The van der Waals surface area contributed by atoms with Crippen molar-refractivity contribution < 1.29 is 0 Å². The van der Waals surface area contributed by atoms with Crippen LogP contribution in [-0.2, 0) is 0 Å². The monoisotopic (exact) mass is 152 g/mol. The molecule has 0 rings (SSSR count). The molecule has 0 saturated carbocycles. The highest BCUT2D eigenvalue weighted by Crippen LogP contribution is 2.20. The van der Waals surface area contributed by atoms with Crippen molar-refractivity contribution in [2.75, 3.05) is 6.54 Å². The second-order valence-corrected chi connectivity index (χ2v) is 2.88. The van der Waals surface area contributed by atoms with Gasteiger partial charge in [-0.2, -0.15) is 5.26 Å². The van der Waals surface area contributed by atoms with E-state index >= 15 is 0 Å². The summed E-state index contributed by atoms with van der Waals surface area (Å²) in [6.45, 7) is 10.4. The van der Waals surface area contributed by atoms with Crippen LogP contribution in [-0.4, -0.2) is 12.6 Å². The number of nitrogens with one attached hydrogen (secondary N) is 1. The molecule has 0 aromatic heterocycles. The first kappa shape index (κ1) is 10.2. The third-order valence-electron chi connectivity index (χ3n) is 2.07. The highest BCUT2D eigenvalue weighted by molar-refractivity contribution is 5.12. The number of hydrogen-bond acceptors (Lipinski definition) is 2. The lowest BCUT2D eigenvalue weighted by Crippen LogP contribution is -2.39. The Morgan fingerprint density at radius 2 is 2.36 bits per heavy atom. The number of nitriles is 1. The first-order valence-electron chi connectivity index (χ1n) is 3.89. The maximum atomic E-state index is 8.82. The Labute approximate surface area is 68.9 Å². The molecule has 1 N–H and O–H groups in total. The van der Waals surface area contributed by atoms with Gasteiger partial charge >= 0.3 is 0 Å². The van der Waals surface area contributed by atoms with Crippen LogP contribution in [0.2, 0.25) is 0 Å². The topological polar surface area (TPSA) is 35.8 Å². The maximum absolute atomic E-state index is 8.82. The summed E-state index contributed by atoms with van der Waals surface area (Å²) >= 11 is 0. The molecule has 0 aromatic rings. The second kappa shape index (κ2) is 4.15. The normalized spacial score (nSPS) is 18.0. The zero-order chi connectivity index (χ0) is 8.91. The molecule has 11 heavy (non-hydrogen) atoms. The molecule has 0 amide bonds. The molecule has 0 spiro atoms. The standard InChI is InChI=1S/C9H16N2/c1-5-9(4,7-10)8(3)11-6-2/h5,8,11H,1,6H2,2-4H3. The van der Waals surface area contributed by atoms with Gasteiger partial charge in [-0.1, -0.05) is 13.0 Å². The minimum atomic E-state index is -0.448. The average Bonchev–Trinajstić information content (AvgIpc) is 2.03. The molecule has 0 aliphatic rings. The zero-order valence-corrected chi connectivity index (χ0v) is 7.52. The number of rotatable bonds is 4. The fourth-order valence-corrected chi connectivity index (χ4v) is 0.837. The lowest BCUT2D eigenvalue weighted by molar-refractivity contribution is 0.388. The molecule has 2 atom stereocenters. The minimum Gasteiger partial charge on any atom is -0.313 e. The smallest absolute Gasteiger partial charge is 0.0872 e. The van der Waals surface area contributed by atoms with E-state index in [0.29, 0.717) is 0 Å². The summed E-state index contributed by atoms with van der Waals surface area (Å²) < 4.78 is 0. The van der Waals surface area contributed by atoms with Crippen molar-refractivity contribution in [1.82, 2.24) is 5.32 Å². The van der Waals surface area contributed by atoms with Crippen LogP contribution in [0.3, 0.4) is 0 Å². The summed E-state index contributed by atoms with van der Waals surface area (Å²) in [6, 6.07) is 2.39. The summed E-state index contributed by atoms with van der Waals surface area (Å²) in [5, 5.41) is 12.0. The average molecular weight is 152 g/mol. The molecule has 0 aliphatic heterocycles. The Morgan fingerprint density at radius 3 is 2.64 bits per heavy atom. The van der Waals surface area contributed by atoms with Gasteiger partial charge in [0.2, 0.25) is 0 Å². The molecule has 0 bridgehead atoms. The largest absolute Gasteiger partial charge is 0.313 e. The highest BCUT2D eigenvalue weighted by atomic mass is 14.9. The van der Waals surface area contributed by atoms with E-state index < -0.39 is 5.41 Å². The Bertz CT molecular complexity index is 169. The van der Waals surface area contributed by atoms with Gasteiger partial charge < -0.3 is 5.32 Å². The third-order valence-corrected chi connectivity index (χ3v) is 2.07. The van der Waals surface area contributed by atoms with Crippen molar-refractivity contribution in [2.45, 2.75) is 26.8 Å². The Morgan fingerprint density at radius 1 is 1.82 bits per heavy atom. The van der Waals surface area contributed by atoms with E-state index in [2.05, 4.69) is 18.0 Å². The van der Waals surface area contributed by atoms with Crippen LogP contribution in [0, 0.1) is 16.7 Å². The summed E-state index contributed by atoms with van der Waals surface area (Å²) in [5.74, 6) is 0. The van der Waals surface area contributed by atoms with E-state index in [9.17, 15) is 0 Å². The lowest BCUT2D eigenvalue weighted by Gasteiger charge is -2.25. The van der Waals surface area contributed by atoms with E-state index in [0.717, 1.165) is 6.54 Å². The van der Waals surface area contributed by atoms with E-state index in [1.807, 2.05) is 20.8 Å². The van der Waals surface area contributed by atoms with Crippen LogP contribution < -0.4 is 5.32 Å². The predicted octanol–water partition coefficient (Wildman–Crippen LogP) is 1.70. The van der Waals surface area contributed by atoms with Crippen molar-refractivity contribution in [3.8, 4) is 6.07 Å². The van der Waals surface area contributed by atoms with Crippen molar-refractivity contribution in [1.29, 1.82) is 5.26 Å². The molecule has 2 heteroatoms. The van der Waals surface area contributed by atoms with Gasteiger partial charge in [-0.05, 0) is 20.4 Å². The van der Waals surface area contributed by atoms with Crippen LogP contribution in [0.1, 0.15) is 20.8 Å². The molecule has 2 nitrogen and oxygen atoms in total. The predicted molar refractivity (Wildman–Crippen MR) is 47.1 cm³/mol. The fraction of sp³-hybridized carbons (Fsp3) is 0.667. The van der Waals surface area contributed by atoms with E-state index in [-0.39, 0.29) is 6.04 Å². The van der Waals surface area contributed by atoms with Gasteiger partial charge in [0.1, 0.15) is 0 Å². The second-order valence-electron chi connectivity index (χ2n) is 2.88. The summed E-state index contributed by atoms with van der Waals surface area (Å²) in [5.41, 5.74) is -0.448. The third kappa shape index (κ3) is 2.36. The molecule has 62 valence electrons. The van der Waals surface area contributed by atoms with Gasteiger partial charge in [0.15, 0.2) is 0 Å². The van der Waals surface area contributed by atoms with Crippen molar-refractivity contribution in [3.05, 3.63) is 12.7 Å². The van der Waals surface area contributed by atoms with Gasteiger partial charge in [-0.25, -0.2) is 0 Å². The van der Waals surface area contributed by atoms with Gasteiger partial charge in [0, 0.05) is 6.04 Å². The first-order valence-corrected chi connectivity index (χ1v) is 3.89. The van der Waals surface area contributed by atoms with Gasteiger partial charge in [0.05, 0.1) is 11.5 Å². The van der Waals surface area contributed by atoms with Crippen LogP contribution >= 0.6 is 0 Å². The Kier molecular flexibility index (Phi) is 3.84. The summed E-state index contributed by atoms with van der Waals surface area (Å²) in [7, 11) is 0. The van der Waals surface area contributed by atoms with Gasteiger partial charge in [0.25, 0.3) is 0 Å². The fourth-order valence-electron chi connectivity index (χ4n) is 0.837. The summed E-state index contributed by atoms with van der Waals surface area (Å²) in [4.78, 5) is 0. The zero-order valence-electron chi connectivity index (χ0n) is 7.52. The van der Waals surface area contributed by atoms with Crippen LogP contribution in [0.4, 0.5) is 0 Å². The molecular formula is C9H16N2. The van der Waals surface area contributed by atoms with Crippen LogP contribution in [0.5, 0.6) is 0 Å².